The molecule has 0 spiro atoms. The highest BCUT2D eigenvalue weighted by Crippen LogP contribution is 2.56. The second-order valence-corrected chi connectivity index (χ2v) is 10.5. The maximum Gasteiger partial charge on any atom is 0.242 e. The van der Waals surface area contributed by atoms with E-state index in [9.17, 15) is 9.59 Å². The average molecular weight is 529 g/mol. The fraction of sp³-hybridized carbons (Fsp3) is 0.161. The Morgan fingerprint density at radius 2 is 0.946 bits per heavy atom. The lowest BCUT2D eigenvalue weighted by atomic mass is 9.67. The van der Waals surface area contributed by atoms with Gasteiger partial charge in [0.2, 0.25) is 11.8 Å². The maximum absolute atomic E-state index is 12.1. The number of benzene rings is 4. The van der Waals surface area contributed by atoms with E-state index in [4.69, 9.17) is 23.2 Å². The minimum atomic E-state index is -0.625. The number of anilines is 2. The largest absolute Gasteiger partial charge is 0.325 e. The Balaban J connectivity index is 1.68. The van der Waals surface area contributed by atoms with E-state index in [0.717, 1.165) is 11.1 Å². The average Bonchev–Trinajstić information content (AvgIpc) is 3.21. The molecule has 0 saturated heterocycles. The lowest BCUT2D eigenvalue weighted by molar-refractivity contribution is -0.116. The number of nitrogens with one attached hydrogen (secondary N) is 2. The van der Waals surface area contributed by atoms with E-state index in [2.05, 4.69) is 83.4 Å². The summed E-state index contributed by atoms with van der Waals surface area (Å²) in [6, 6.07) is 32.8. The van der Waals surface area contributed by atoms with Gasteiger partial charge in [-0.05, 0) is 71.5 Å². The minimum absolute atomic E-state index is 0.246. The van der Waals surface area contributed by atoms with E-state index in [1.165, 1.54) is 22.3 Å². The van der Waals surface area contributed by atoms with Gasteiger partial charge in [0.1, 0.15) is 10.8 Å². The first-order chi connectivity index (χ1) is 17.8. The highest BCUT2D eigenvalue weighted by atomic mass is 35.5. The molecule has 0 aromatic heterocycles. The molecular weight excluding hydrogens is 503 g/mol. The molecule has 1 aliphatic carbocycles. The number of carbonyl (C=O) groups is 2. The molecule has 0 aliphatic heterocycles. The van der Waals surface area contributed by atoms with E-state index in [1.54, 1.807) is 13.8 Å². The third-order valence-corrected chi connectivity index (χ3v) is 7.24. The molecular formula is C31H26Cl2N2O2. The smallest absolute Gasteiger partial charge is 0.242 e. The Kier molecular flexibility index (Phi) is 6.80. The second-order valence-electron chi connectivity index (χ2n) is 9.21. The van der Waals surface area contributed by atoms with Crippen LogP contribution >= 0.6 is 23.2 Å². The first-order valence-corrected chi connectivity index (χ1v) is 13.0. The summed E-state index contributed by atoms with van der Waals surface area (Å²) in [5.74, 6) is -0.492. The summed E-state index contributed by atoms with van der Waals surface area (Å²) < 4.78 is 0. The lowest BCUT2D eigenvalue weighted by Gasteiger charge is -2.34. The molecule has 0 unspecified atom stereocenters. The highest BCUT2D eigenvalue weighted by molar-refractivity contribution is 6.32. The van der Waals surface area contributed by atoms with Crippen molar-refractivity contribution < 1.29 is 9.59 Å². The van der Waals surface area contributed by atoms with Crippen LogP contribution in [-0.4, -0.2) is 22.6 Å². The fourth-order valence-corrected chi connectivity index (χ4v) is 5.22. The van der Waals surface area contributed by atoms with Gasteiger partial charge in [0, 0.05) is 11.4 Å². The third-order valence-electron chi connectivity index (χ3n) is 6.85. The monoisotopic (exact) mass is 528 g/mol. The number of hydrogen-bond donors (Lipinski definition) is 2. The van der Waals surface area contributed by atoms with Crippen LogP contribution in [0, 0.1) is 0 Å². The van der Waals surface area contributed by atoms with E-state index in [0.29, 0.717) is 11.4 Å². The number of rotatable bonds is 6. The zero-order valence-electron chi connectivity index (χ0n) is 20.5. The van der Waals surface area contributed by atoms with Crippen LogP contribution in [-0.2, 0) is 15.0 Å². The van der Waals surface area contributed by atoms with Gasteiger partial charge in [0.15, 0.2) is 0 Å². The summed E-state index contributed by atoms with van der Waals surface area (Å²) in [7, 11) is 0. The molecule has 4 nitrogen and oxygen atoms in total. The molecule has 0 saturated carbocycles. The fourth-order valence-electron chi connectivity index (χ4n) is 5.11. The molecule has 4 aromatic rings. The third kappa shape index (κ3) is 4.41. The Bertz CT molecular complexity index is 1350. The van der Waals surface area contributed by atoms with Gasteiger partial charge in [-0.25, -0.2) is 0 Å². The van der Waals surface area contributed by atoms with Crippen molar-refractivity contribution in [2.24, 2.45) is 0 Å². The normalized spacial score (nSPS) is 14.7. The molecule has 0 radical (unpaired) electrons. The molecule has 4 aromatic carbocycles. The van der Waals surface area contributed by atoms with E-state index >= 15 is 0 Å². The van der Waals surface area contributed by atoms with Gasteiger partial charge in [-0.3, -0.25) is 9.59 Å². The number of hydrogen-bond acceptors (Lipinski definition) is 2. The second kappa shape index (κ2) is 10.0. The SMILES string of the molecule is C[C@H](Cl)C(=O)Nc1ccc(C2(c3ccc(NC(=O)[C@H](C)Cl)cc3)c3ccccc3-c3ccccc32)cc1. The number of halogens is 2. The summed E-state index contributed by atoms with van der Waals surface area (Å²) in [4.78, 5) is 24.3. The van der Waals surface area contributed by atoms with Gasteiger partial charge >= 0.3 is 0 Å². The van der Waals surface area contributed by atoms with Crippen LogP contribution in [0.2, 0.25) is 0 Å². The standard InChI is InChI=1S/C31H26Cl2N2O2/c1-19(32)29(36)34-23-15-11-21(12-16-23)31(22-13-17-24(18-14-22)35-30(37)20(2)33)27-9-5-3-7-25(27)26-8-4-6-10-28(26)31/h3-20H,1-2H3,(H,34,36)(H,35,37)/t19-,20-/m0/s1. The zero-order chi connectivity index (χ0) is 26.2. The van der Waals surface area contributed by atoms with Crippen molar-refractivity contribution in [2.45, 2.75) is 30.0 Å². The first kappa shape index (κ1) is 25.1. The van der Waals surface area contributed by atoms with E-state index in [1.807, 2.05) is 24.3 Å². The molecule has 2 N–H and O–H groups in total. The predicted molar refractivity (Wildman–Crippen MR) is 152 cm³/mol. The van der Waals surface area contributed by atoms with Crippen LogP contribution in [0.5, 0.6) is 0 Å². The lowest BCUT2D eigenvalue weighted by Crippen LogP contribution is -2.29. The quantitative estimate of drug-likeness (QED) is 0.229. The van der Waals surface area contributed by atoms with Crippen molar-refractivity contribution in [1.29, 1.82) is 0 Å². The van der Waals surface area contributed by atoms with E-state index in [-0.39, 0.29) is 11.8 Å². The maximum atomic E-state index is 12.1. The van der Waals surface area contributed by atoms with Crippen LogP contribution in [0.4, 0.5) is 11.4 Å². The van der Waals surface area contributed by atoms with E-state index < -0.39 is 16.2 Å². The highest BCUT2D eigenvalue weighted by Gasteiger charge is 2.45. The molecule has 0 bridgehead atoms. The summed E-state index contributed by atoms with van der Waals surface area (Å²) in [5, 5.41) is 4.48. The molecule has 1 aliphatic rings. The summed E-state index contributed by atoms with van der Waals surface area (Å²) in [6.45, 7) is 3.29. The molecule has 2 amide bonds. The zero-order valence-corrected chi connectivity index (χ0v) is 22.0. The van der Waals surface area contributed by atoms with Gasteiger partial charge < -0.3 is 10.6 Å². The van der Waals surface area contributed by atoms with Crippen molar-refractivity contribution >= 4 is 46.4 Å². The van der Waals surface area contributed by atoms with Crippen molar-refractivity contribution in [1.82, 2.24) is 0 Å². The number of alkyl halides is 2. The van der Waals surface area contributed by atoms with Crippen molar-refractivity contribution in [3.8, 4) is 11.1 Å². The number of carbonyl (C=O) groups excluding carboxylic acids is 2. The van der Waals surface area contributed by atoms with Crippen LogP contribution in [0.3, 0.4) is 0 Å². The van der Waals surface area contributed by atoms with Gasteiger partial charge in [-0.2, -0.15) is 0 Å². The predicted octanol–water partition coefficient (Wildman–Crippen LogP) is 7.18. The summed E-state index contributed by atoms with van der Waals surface area (Å²) in [6.07, 6.45) is 0. The van der Waals surface area contributed by atoms with Crippen LogP contribution < -0.4 is 10.6 Å². The molecule has 37 heavy (non-hydrogen) atoms. The van der Waals surface area contributed by atoms with Crippen molar-refractivity contribution in [3.63, 3.8) is 0 Å². The van der Waals surface area contributed by atoms with Gasteiger partial charge in [0.05, 0.1) is 5.41 Å². The van der Waals surface area contributed by atoms with Crippen molar-refractivity contribution in [3.05, 3.63) is 119 Å². The van der Waals surface area contributed by atoms with Gasteiger partial charge in [-0.1, -0.05) is 72.8 Å². The molecule has 0 heterocycles. The topological polar surface area (TPSA) is 58.2 Å². The first-order valence-electron chi connectivity index (χ1n) is 12.1. The number of amides is 2. The van der Waals surface area contributed by atoms with Crippen LogP contribution in [0.15, 0.2) is 97.1 Å². The molecule has 186 valence electrons. The molecule has 2 atom stereocenters. The van der Waals surface area contributed by atoms with Gasteiger partial charge in [0.25, 0.3) is 0 Å². The van der Waals surface area contributed by atoms with Crippen molar-refractivity contribution in [2.75, 3.05) is 10.6 Å². The van der Waals surface area contributed by atoms with Crippen LogP contribution in [0.25, 0.3) is 11.1 Å². The minimum Gasteiger partial charge on any atom is -0.325 e. The Hall–Kier alpha value is -3.60. The van der Waals surface area contributed by atoms with Gasteiger partial charge in [-0.15, -0.1) is 23.2 Å². The summed E-state index contributed by atoms with van der Waals surface area (Å²) >= 11 is 11.9. The Morgan fingerprint density at radius 1 is 0.595 bits per heavy atom. The molecule has 5 rings (SSSR count). The Labute approximate surface area is 226 Å². The molecule has 6 heteroatoms. The molecule has 0 fully saturated rings. The van der Waals surface area contributed by atoms with Crippen LogP contribution in [0.1, 0.15) is 36.1 Å². The summed E-state index contributed by atoms with van der Waals surface area (Å²) in [5.41, 5.74) is 7.62. The number of fused-ring (bicyclic) bond motifs is 3. The Morgan fingerprint density at radius 3 is 1.30 bits per heavy atom.